The van der Waals surface area contributed by atoms with Crippen molar-refractivity contribution in [1.29, 1.82) is 0 Å². The SMILES string of the molecule is CCN(C(=O)O)C1CN(c2ncnc3c2oc2ccc(Cl)cc23)C1. The molecule has 7 nitrogen and oxygen atoms in total. The highest BCUT2D eigenvalue weighted by Gasteiger charge is 2.36. The number of hydrogen-bond acceptors (Lipinski definition) is 5. The third-order valence-corrected chi connectivity index (χ3v) is 4.62. The van der Waals surface area contributed by atoms with Crippen molar-refractivity contribution in [1.82, 2.24) is 14.9 Å². The Labute approximate surface area is 142 Å². The summed E-state index contributed by atoms with van der Waals surface area (Å²) < 4.78 is 5.91. The highest BCUT2D eigenvalue weighted by atomic mass is 35.5. The van der Waals surface area contributed by atoms with Gasteiger partial charge in [0.15, 0.2) is 11.4 Å². The first-order valence-corrected chi connectivity index (χ1v) is 8.03. The molecular weight excluding hydrogens is 332 g/mol. The summed E-state index contributed by atoms with van der Waals surface area (Å²) >= 11 is 6.06. The number of rotatable bonds is 3. The molecular formula is C16H15ClN4O3. The average Bonchev–Trinajstić information content (AvgIpc) is 2.88. The van der Waals surface area contributed by atoms with Gasteiger partial charge >= 0.3 is 6.09 Å². The van der Waals surface area contributed by atoms with Gasteiger partial charge in [0, 0.05) is 30.0 Å². The highest BCUT2D eigenvalue weighted by molar-refractivity contribution is 6.31. The van der Waals surface area contributed by atoms with E-state index in [0.29, 0.717) is 47.2 Å². The Balaban J connectivity index is 1.69. The van der Waals surface area contributed by atoms with Crippen molar-refractivity contribution in [3.05, 3.63) is 29.5 Å². The minimum atomic E-state index is -0.895. The predicted octanol–water partition coefficient (Wildman–Crippen LogP) is 3.22. The number of furan rings is 1. The van der Waals surface area contributed by atoms with Crippen molar-refractivity contribution in [2.45, 2.75) is 13.0 Å². The number of amides is 1. The molecule has 4 rings (SSSR count). The smallest absolute Gasteiger partial charge is 0.407 e. The van der Waals surface area contributed by atoms with Gasteiger partial charge in [-0.3, -0.25) is 0 Å². The van der Waals surface area contributed by atoms with Crippen LogP contribution in [0.3, 0.4) is 0 Å². The maximum atomic E-state index is 11.2. The number of halogens is 1. The van der Waals surface area contributed by atoms with Gasteiger partial charge in [-0.05, 0) is 25.1 Å². The van der Waals surface area contributed by atoms with Crippen LogP contribution >= 0.6 is 11.6 Å². The highest BCUT2D eigenvalue weighted by Crippen LogP contribution is 2.35. The molecule has 3 heterocycles. The molecule has 0 atom stereocenters. The van der Waals surface area contributed by atoms with E-state index in [1.807, 2.05) is 24.0 Å². The van der Waals surface area contributed by atoms with Gasteiger partial charge < -0.3 is 19.3 Å². The monoisotopic (exact) mass is 346 g/mol. The number of hydrogen-bond donors (Lipinski definition) is 1. The third kappa shape index (κ3) is 2.24. The van der Waals surface area contributed by atoms with Crippen LogP contribution in [0.25, 0.3) is 22.1 Å². The summed E-state index contributed by atoms with van der Waals surface area (Å²) in [6, 6.07) is 5.37. The van der Waals surface area contributed by atoms with Crippen LogP contribution < -0.4 is 4.90 Å². The molecule has 0 spiro atoms. The van der Waals surface area contributed by atoms with E-state index in [0.717, 1.165) is 5.39 Å². The lowest BCUT2D eigenvalue weighted by Gasteiger charge is -2.44. The minimum absolute atomic E-state index is 0.0312. The number of carbonyl (C=O) groups is 1. The van der Waals surface area contributed by atoms with Gasteiger partial charge in [0.1, 0.15) is 17.4 Å². The van der Waals surface area contributed by atoms with E-state index in [9.17, 15) is 9.90 Å². The number of benzene rings is 1. The zero-order valence-corrected chi connectivity index (χ0v) is 13.7. The van der Waals surface area contributed by atoms with Crippen LogP contribution in [0.15, 0.2) is 28.9 Å². The Morgan fingerprint density at radius 2 is 2.25 bits per heavy atom. The number of aromatic nitrogens is 2. The number of likely N-dealkylation sites (N-methyl/N-ethyl adjacent to an activating group) is 1. The van der Waals surface area contributed by atoms with Crippen molar-refractivity contribution >= 4 is 45.6 Å². The van der Waals surface area contributed by atoms with Crippen LogP contribution in [0.2, 0.25) is 5.02 Å². The van der Waals surface area contributed by atoms with E-state index >= 15 is 0 Å². The molecule has 1 aromatic carbocycles. The largest absolute Gasteiger partial charge is 0.465 e. The number of fused-ring (bicyclic) bond motifs is 3. The van der Waals surface area contributed by atoms with Gasteiger partial charge in [0.2, 0.25) is 0 Å². The summed E-state index contributed by atoms with van der Waals surface area (Å²) in [4.78, 5) is 23.3. The second-order valence-electron chi connectivity index (χ2n) is 5.74. The normalized spacial score (nSPS) is 15.0. The van der Waals surface area contributed by atoms with Gasteiger partial charge in [-0.1, -0.05) is 11.6 Å². The fourth-order valence-electron chi connectivity index (χ4n) is 3.14. The van der Waals surface area contributed by atoms with Gasteiger partial charge in [0.05, 0.1) is 6.04 Å². The molecule has 1 amide bonds. The summed E-state index contributed by atoms with van der Waals surface area (Å²) in [5.74, 6) is 0.685. The van der Waals surface area contributed by atoms with Crippen molar-refractivity contribution in [2.75, 3.05) is 24.5 Å². The molecule has 1 fully saturated rings. The van der Waals surface area contributed by atoms with Crippen molar-refractivity contribution in [3.63, 3.8) is 0 Å². The minimum Gasteiger partial charge on any atom is -0.465 e. The molecule has 8 heteroatoms. The summed E-state index contributed by atoms with van der Waals surface area (Å²) in [6.07, 6.45) is 0.601. The molecule has 0 aliphatic carbocycles. The van der Waals surface area contributed by atoms with Gasteiger partial charge in [0.25, 0.3) is 0 Å². The molecule has 3 aromatic rings. The summed E-state index contributed by atoms with van der Waals surface area (Å²) in [5.41, 5.74) is 2.02. The Kier molecular flexibility index (Phi) is 3.45. The second kappa shape index (κ2) is 5.52. The molecule has 124 valence electrons. The molecule has 0 bridgehead atoms. The molecule has 1 aliphatic rings. The first-order chi connectivity index (χ1) is 11.6. The number of anilines is 1. The molecule has 0 unspecified atom stereocenters. The van der Waals surface area contributed by atoms with Crippen LogP contribution in [0.5, 0.6) is 0 Å². The average molecular weight is 347 g/mol. The van der Waals surface area contributed by atoms with Crippen LogP contribution in [-0.4, -0.2) is 51.7 Å². The first kappa shape index (κ1) is 15.0. The maximum absolute atomic E-state index is 11.2. The van der Waals surface area contributed by atoms with Crippen molar-refractivity contribution in [3.8, 4) is 0 Å². The van der Waals surface area contributed by atoms with Crippen molar-refractivity contribution in [2.24, 2.45) is 0 Å². The topological polar surface area (TPSA) is 82.7 Å². The van der Waals surface area contributed by atoms with Crippen LogP contribution in [0, 0.1) is 0 Å². The quantitative estimate of drug-likeness (QED) is 0.784. The lowest BCUT2D eigenvalue weighted by Crippen LogP contribution is -2.61. The number of carboxylic acid groups (broad SMARTS) is 1. The molecule has 2 aromatic heterocycles. The Bertz CT molecular complexity index is 936. The van der Waals surface area contributed by atoms with Crippen LogP contribution in [0.4, 0.5) is 10.6 Å². The number of nitrogens with zero attached hydrogens (tertiary/aromatic N) is 4. The second-order valence-corrected chi connectivity index (χ2v) is 6.18. The fraction of sp³-hybridized carbons (Fsp3) is 0.312. The van der Waals surface area contributed by atoms with E-state index in [-0.39, 0.29) is 6.04 Å². The molecule has 24 heavy (non-hydrogen) atoms. The lowest BCUT2D eigenvalue weighted by molar-refractivity contribution is 0.118. The lowest BCUT2D eigenvalue weighted by atomic mass is 10.1. The molecule has 0 radical (unpaired) electrons. The van der Waals surface area contributed by atoms with E-state index < -0.39 is 6.09 Å². The Hall–Kier alpha value is -2.54. The zero-order valence-electron chi connectivity index (χ0n) is 12.9. The Morgan fingerprint density at radius 3 is 2.96 bits per heavy atom. The molecule has 1 N–H and O–H groups in total. The standard InChI is InChI=1S/C16H15ClN4O3/c1-2-21(16(22)23)10-6-20(7-10)15-14-13(18-8-19-15)11-5-9(17)3-4-12(11)24-14/h3-5,8,10H,2,6-7H2,1H3,(H,22,23). The van der Waals surface area contributed by atoms with Gasteiger partial charge in [-0.15, -0.1) is 0 Å². The molecule has 1 aliphatic heterocycles. The van der Waals surface area contributed by atoms with E-state index in [1.165, 1.54) is 11.2 Å². The van der Waals surface area contributed by atoms with Crippen molar-refractivity contribution < 1.29 is 14.3 Å². The first-order valence-electron chi connectivity index (χ1n) is 7.65. The predicted molar refractivity (Wildman–Crippen MR) is 90.7 cm³/mol. The summed E-state index contributed by atoms with van der Waals surface area (Å²) in [5, 5.41) is 10.7. The zero-order chi connectivity index (χ0) is 16.8. The molecule has 0 saturated carbocycles. The molecule has 1 saturated heterocycles. The third-order valence-electron chi connectivity index (χ3n) is 4.38. The van der Waals surface area contributed by atoms with Gasteiger partial charge in [-0.2, -0.15) is 0 Å². The van der Waals surface area contributed by atoms with E-state index in [2.05, 4.69) is 9.97 Å². The van der Waals surface area contributed by atoms with Gasteiger partial charge in [-0.25, -0.2) is 14.8 Å². The summed E-state index contributed by atoms with van der Waals surface area (Å²) in [7, 11) is 0. The van der Waals surface area contributed by atoms with Crippen LogP contribution in [-0.2, 0) is 0 Å². The Morgan fingerprint density at radius 1 is 1.46 bits per heavy atom. The van der Waals surface area contributed by atoms with Crippen LogP contribution in [0.1, 0.15) is 6.92 Å². The maximum Gasteiger partial charge on any atom is 0.407 e. The summed E-state index contributed by atoms with van der Waals surface area (Å²) in [6.45, 7) is 3.48. The fourth-order valence-corrected chi connectivity index (χ4v) is 3.31. The van der Waals surface area contributed by atoms with E-state index in [1.54, 1.807) is 6.07 Å². The van der Waals surface area contributed by atoms with E-state index in [4.69, 9.17) is 16.0 Å².